The van der Waals surface area contributed by atoms with Gasteiger partial charge in [-0.2, -0.15) is 0 Å². The monoisotopic (exact) mass is 484 g/mol. The van der Waals surface area contributed by atoms with Gasteiger partial charge in [-0.25, -0.2) is 23.9 Å². The quantitative estimate of drug-likeness (QED) is 0.562. The fourth-order valence-electron chi connectivity index (χ4n) is 4.56. The molecule has 1 aliphatic heterocycles. The zero-order valence-corrected chi connectivity index (χ0v) is 20.7. The first-order valence-electron chi connectivity index (χ1n) is 12.0. The lowest BCUT2D eigenvalue weighted by atomic mass is 9.96. The Bertz CT molecular complexity index is 1030. The van der Waals surface area contributed by atoms with E-state index >= 15 is 0 Å². The van der Waals surface area contributed by atoms with Crippen molar-refractivity contribution in [3.05, 3.63) is 53.6 Å². The van der Waals surface area contributed by atoms with E-state index in [2.05, 4.69) is 14.9 Å². The summed E-state index contributed by atoms with van der Waals surface area (Å²) in [6, 6.07) is 6.60. The molecule has 2 heterocycles. The number of carbonyl (C=O) groups excluding carboxylic acids is 2. The van der Waals surface area contributed by atoms with E-state index in [1.165, 1.54) is 31.6 Å². The predicted octanol–water partition coefficient (Wildman–Crippen LogP) is 4.41. The molecule has 2 atom stereocenters. The Morgan fingerprint density at radius 2 is 1.74 bits per heavy atom. The minimum atomic E-state index is -0.577. The summed E-state index contributed by atoms with van der Waals surface area (Å²) in [6.45, 7) is 7.76. The van der Waals surface area contributed by atoms with E-state index in [0.717, 1.165) is 37.9 Å². The van der Waals surface area contributed by atoms with Crippen molar-refractivity contribution in [2.45, 2.75) is 57.6 Å². The first-order valence-corrected chi connectivity index (χ1v) is 12.0. The molecule has 1 amide bonds. The number of methoxy groups -OCH3 is 1. The lowest BCUT2D eigenvalue weighted by Gasteiger charge is -2.35. The number of rotatable bonds is 6. The van der Waals surface area contributed by atoms with E-state index in [4.69, 9.17) is 9.47 Å². The Kier molecular flexibility index (Phi) is 7.23. The van der Waals surface area contributed by atoms with Crippen molar-refractivity contribution in [2.24, 2.45) is 5.92 Å². The average molecular weight is 485 g/mol. The van der Waals surface area contributed by atoms with E-state index in [1.54, 1.807) is 12.1 Å². The van der Waals surface area contributed by atoms with E-state index in [-0.39, 0.29) is 23.9 Å². The Hall–Kier alpha value is -3.23. The lowest BCUT2D eigenvalue weighted by molar-refractivity contribution is 0.0190. The zero-order chi connectivity index (χ0) is 25.2. The Morgan fingerprint density at radius 1 is 1.11 bits per heavy atom. The van der Waals surface area contributed by atoms with E-state index in [1.807, 2.05) is 25.7 Å². The van der Waals surface area contributed by atoms with Crippen LogP contribution in [0.15, 0.2) is 36.7 Å². The zero-order valence-electron chi connectivity index (χ0n) is 20.7. The number of aromatic nitrogens is 2. The number of amides is 1. The fourth-order valence-corrected chi connectivity index (χ4v) is 4.56. The molecule has 1 aromatic heterocycles. The third-order valence-electron chi connectivity index (χ3n) is 6.49. The molecule has 2 fully saturated rings. The maximum atomic E-state index is 13.4. The molecular weight excluding hydrogens is 451 g/mol. The number of nitrogens with zero attached hydrogens (tertiary/aromatic N) is 4. The number of benzene rings is 1. The van der Waals surface area contributed by atoms with Gasteiger partial charge in [0, 0.05) is 44.0 Å². The maximum absolute atomic E-state index is 13.4. The fraction of sp³-hybridized carbons (Fsp3) is 0.538. The van der Waals surface area contributed by atoms with Gasteiger partial charge in [0.25, 0.3) is 0 Å². The summed E-state index contributed by atoms with van der Waals surface area (Å²) in [6.07, 6.45) is 5.28. The van der Waals surface area contributed by atoms with E-state index < -0.39 is 11.6 Å². The molecule has 0 bridgehead atoms. The molecule has 9 heteroatoms. The molecule has 188 valence electrons. The number of piperidine rings is 1. The van der Waals surface area contributed by atoms with Gasteiger partial charge < -0.3 is 19.3 Å². The summed E-state index contributed by atoms with van der Waals surface area (Å²) < 4.78 is 23.8. The van der Waals surface area contributed by atoms with Gasteiger partial charge >= 0.3 is 12.1 Å². The minimum absolute atomic E-state index is 0.0579. The molecular formula is C26H33FN4O4. The molecule has 1 saturated heterocycles. The molecule has 0 N–H and O–H groups in total. The highest BCUT2D eigenvalue weighted by Crippen LogP contribution is 2.45. The average Bonchev–Trinajstić information content (AvgIpc) is 3.62. The lowest BCUT2D eigenvalue weighted by Crippen LogP contribution is -2.44. The largest absolute Gasteiger partial charge is 0.465 e. The second-order valence-corrected chi connectivity index (χ2v) is 10.3. The van der Waals surface area contributed by atoms with Crippen LogP contribution in [0.2, 0.25) is 0 Å². The van der Waals surface area contributed by atoms with Gasteiger partial charge in [-0.1, -0.05) is 12.1 Å². The summed E-state index contributed by atoms with van der Waals surface area (Å²) in [7, 11) is 1.32. The van der Waals surface area contributed by atoms with Crippen LogP contribution in [0, 0.1) is 11.7 Å². The molecule has 1 saturated carbocycles. The van der Waals surface area contributed by atoms with Crippen LogP contribution in [0.3, 0.4) is 0 Å². The normalized spacial score (nSPS) is 20.3. The van der Waals surface area contributed by atoms with Crippen LogP contribution in [0.25, 0.3) is 0 Å². The highest BCUT2D eigenvalue weighted by Gasteiger charge is 2.46. The van der Waals surface area contributed by atoms with Crippen LogP contribution >= 0.6 is 0 Å². The van der Waals surface area contributed by atoms with Crippen molar-refractivity contribution in [3.8, 4) is 0 Å². The van der Waals surface area contributed by atoms with Gasteiger partial charge in [0.05, 0.1) is 12.7 Å². The first-order chi connectivity index (χ1) is 16.6. The predicted molar refractivity (Wildman–Crippen MR) is 129 cm³/mol. The number of carbonyl (C=O) groups is 2. The highest BCUT2D eigenvalue weighted by atomic mass is 19.1. The Morgan fingerprint density at radius 3 is 2.31 bits per heavy atom. The molecule has 0 spiro atoms. The van der Waals surface area contributed by atoms with Gasteiger partial charge in [0.2, 0.25) is 5.95 Å². The van der Waals surface area contributed by atoms with Gasteiger partial charge in [-0.3, -0.25) is 0 Å². The Balaban J connectivity index is 1.38. The van der Waals surface area contributed by atoms with Crippen molar-refractivity contribution in [1.29, 1.82) is 0 Å². The highest BCUT2D eigenvalue weighted by molar-refractivity contribution is 5.88. The summed E-state index contributed by atoms with van der Waals surface area (Å²) >= 11 is 0. The molecule has 2 aromatic rings. The first kappa shape index (κ1) is 24.9. The van der Waals surface area contributed by atoms with Gasteiger partial charge in [0.15, 0.2) is 0 Å². The van der Waals surface area contributed by atoms with Crippen LogP contribution in [0.5, 0.6) is 0 Å². The second kappa shape index (κ2) is 10.2. The molecule has 1 aromatic carbocycles. The molecule has 1 aliphatic carbocycles. The van der Waals surface area contributed by atoms with Crippen LogP contribution in [-0.4, -0.2) is 65.3 Å². The van der Waals surface area contributed by atoms with Gasteiger partial charge in [-0.05, 0) is 63.6 Å². The topological polar surface area (TPSA) is 84.9 Å². The smallest absolute Gasteiger partial charge is 0.410 e. The number of anilines is 1. The molecule has 2 aliphatic rings. The molecule has 8 nitrogen and oxygen atoms in total. The second-order valence-electron chi connectivity index (χ2n) is 10.3. The number of hydrogen-bond donors (Lipinski definition) is 0. The standard InChI is InChI=1S/C26H33FN4O4/c1-26(2,3)35-25(33)31(22-13-21(22)18-5-7-20(27)8-6-18)16-17-9-11-30(12-10-17)24-28-14-19(15-29-24)23(32)34-4/h5-8,14-15,17,21-22H,9-13,16H2,1-4H3/t21-,22+/m0/s1. The SMILES string of the molecule is COC(=O)c1cnc(N2CCC(CN(C(=O)OC(C)(C)C)[C@@H]3C[C@H]3c3ccc(F)cc3)CC2)nc1. The van der Waals surface area contributed by atoms with Crippen LogP contribution in [0.1, 0.15) is 61.9 Å². The van der Waals surface area contributed by atoms with Crippen molar-refractivity contribution < 1.29 is 23.5 Å². The number of ether oxygens (including phenoxy) is 2. The number of halogens is 1. The Labute approximate surface area is 205 Å². The van der Waals surface area contributed by atoms with E-state index in [9.17, 15) is 14.0 Å². The van der Waals surface area contributed by atoms with Crippen molar-refractivity contribution in [3.63, 3.8) is 0 Å². The van der Waals surface area contributed by atoms with Crippen molar-refractivity contribution in [1.82, 2.24) is 14.9 Å². The molecule has 35 heavy (non-hydrogen) atoms. The van der Waals surface area contributed by atoms with E-state index in [0.29, 0.717) is 24.0 Å². The number of esters is 1. The minimum Gasteiger partial charge on any atom is -0.465 e. The molecule has 0 radical (unpaired) electrons. The summed E-state index contributed by atoms with van der Waals surface area (Å²) in [4.78, 5) is 37.3. The van der Waals surface area contributed by atoms with Crippen molar-refractivity contribution in [2.75, 3.05) is 31.6 Å². The number of hydrogen-bond acceptors (Lipinski definition) is 7. The van der Waals surface area contributed by atoms with Crippen LogP contribution in [-0.2, 0) is 9.47 Å². The third-order valence-corrected chi connectivity index (χ3v) is 6.49. The molecule has 0 unspecified atom stereocenters. The summed E-state index contributed by atoms with van der Waals surface area (Å²) in [5.74, 6) is 0.383. The third kappa shape index (κ3) is 6.26. The maximum Gasteiger partial charge on any atom is 0.410 e. The summed E-state index contributed by atoms with van der Waals surface area (Å²) in [5, 5.41) is 0. The summed E-state index contributed by atoms with van der Waals surface area (Å²) in [5.41, 5.74) is 0.791. The van der Waals surface area contributed by atoms with Gasteiger partial charge in [-0.15, -0.1) is 0 Å². The van der Waals surface area contributed by atoms with Crippen LogP contribution in [0.4, 0.5) is 15.1 Å². The van der Waals surface area contributed by atoms with Gasteiger partial charge in [0.1, 0.15) is 11.4 Å². The van der Waals surface area contributed by atoms with Crippen LogP contribution < -0.4 is 4.90 Å². The molecule has 4 rings (SSSR count). The van der Waals surface area contributed by atoms with Crippen molar-refractivity contribution >= 4 is 18.0 Å².